The summed E-state index contributed by atoms with van der Waals surface area (Å²) in [6, 6.07) is 9.95. The molecule has 2 aliphatic rings. The molecule has 5 heteroatoms. The SMILES string of the molecule is O=C(O)C1CC(=O)N(C(CN2CCCCC2)c2ccccc2)C1. The Kier molecular flexibility index (Phi) is 4.96. The van der Waals surface area contributed by atoms with E-state index in [1.54, 1.807) is 4.90 Å². The van der Waals surface area contributed by atoms with Crippen molar-refractivity contribution in [2.24, 2.45) is 5.92 Å². The zero-order valence-corrected chi connectivity index (χ0v) is 13.4. The van der Waals surface area contributed by atoms with Crippen LogP contribution in [0.5, 0.6) is 0 Å². The first-order valence-corrected chi connectivity index (χ1v) is 8.44. The lowest BCUT2D eigenvalue weighted by molar-refractivity contribution is -0.141. The topological polar surface area (TPSA) is 60.9 Å². The smallest absolute Gasteiger partial charge is 0.308 e. The van der Waals surface area contributed by atoms with Gasteiger partial charge in [0.1, 0.15) is 0 Å². The van der Waals surface area contributed by atoms with Crippen molar-refractivity contribution in [2.45, 2.75) is 31.7 Å². The predicted molar refractivity (Wildman–Crippen MR) is 86.9 cm³/mol. The standard InChI is InChI=1S/C18H24N2O3/c21-17-11-15(18(22)23)12-20(17)16(14-7-3-1-4-8-14)13-19-9-5-2-6-10-19/h1,3-4,7-8,15-16H,2,5-6,9-13H2,(H,22,23). The van der Waals surface area contributed by atoms with Crippen molar-refractivity contribution >= 4 is 11.9 Å². The monoisotopic (exact) mass is 316 g/mol. The zero-order valence-electron chi connectivity index (χ0n) is 13.4. The average Bonchev–Trinajstić information content (AvgIpc) is 2.96. The predicted octanol–water partition coefficient (Wildman–Crippen LogP) is 2.15. The minimum absolute atomic E-state index is 0.0386. The number of rotatable bonds is 5. The van der Waals surface area contributed by atoms with Crippen LogP contribution in [0.1, 0.15) is 37.3 Å². The lowest BCUT2D eigenvalue weighted by Crippen LogP contribution is -2.41. The summed E-state index contributed by atoms with van der Waals surface area (Å²) < 4.78 is 0. The van der Waals surface area contributed by atoms with E-state index in [9.17, 15) is 14.7 Å². The van der Waals surface area contributed by atoms with Crippen molar-refractivity contribution in [3.05, 3.63) is 35.9 Å². The maximum absolute atomic E-state index is 12.4. The maximum atomic E-state index is 12.4. The molecule has 1 N–H and O–H groups in total. The van der Waals surface area contributed by atoms with E-state index in [2.05, 4.69) is 4.90 Å². The van der Waals surface area contributed by atoms with E-state index in [-0.39, 0.29) is 18.4 Å². The third kappa shape index (κ3) is 3.72. The number of aliphatic carboxylic acids is 1. The Labute approximate surface area is 136 Å². The molecule has 2 unspecified atom stereocenters. The molecule has 0 spiro atoms. The normalized spacial score (nSPS) is 23.9. The van der Waals surface area contributed by atoms with Crippen LogP contribution in [-0.4, -0.2) is 53.0 Å². The van der Waals surface area contributed by atoms with Crippen LogP contribution in [0, 0.1) is 5.92 Å². The number of hydrogen-bond acceptors (Lipinski definition) is 3. The summed E-state index contributed by atoms with van der Waals surface area (Å²) in [6.07, 6.45) is 3.80. The minimum Gasteiger partial charge on any atom is -0.481 e. The number of likely N-dealkylation sites (tertiary alicyclic amines) is 2. The van der Waals surface area contributed by atoms with Crippen LogP contribution in [0.2, 0.25) is 0 Å². The summed E-state index contributed by atoms with van der Waals surface area (Å²) >= 11 is 0. The van der Waals surface area contributed by atoms with Gasteiger partial charge in [-0.1, -0.05) is 36.8 Å². The largest absolute Gasteiger partial charge is 0.481 e. The number of nitrogens with zero attached hydrogens (tertiary/aromatic N) is 2. The fourth-order valence-electron chi connectivity index (χ4n) is 3.64. The fraction of sp³-hybridized carbons (Fsp3) is 0.556. The van der Waals surface area contributed by atoms with Crippen LogP contribution in [-0.2, 0) is 9.59 Å². The van der Waals surface area contributed by atoms with Gasteiger partial charge < -0.3 is 14.9 Å². The molecule has 1 amide bonds. The Morgan fingerprint density at radius 2 is 1.87 bits per heavy atom. The quantitative estimate of drug-likeness (QED) is 0.904. The van der Waals surface area contributed by atoms with Gasteiger partial charge in [-0.2, -0.15) is 0 Å². The highest BCUT2D eigenvalue weighted by atomic mass is 16.4. The number of carboxylic acids is 1. The molecule has 23 heavy (non-hydrogen) atoms. The fourth-order valence-corrected chi connectivity index (χ4v) is 3.64. The first-order valence-electron chi connectivity index (χ1n) is 8.44. The van der Waals surface area contributed by atoms with Gasteiger partial charge in [-0.3, -0.25) is 9.59 Å². The highest BCUT2D eigenvalue weighted by molar-refractivity contribution is 5.86. The first kappa shape index (κ1) is 16.0. The number of piperidine rings is 1. The van der Waals surface area contributed by atoms with Gasteiger partial charge >= 0.3 is 5.97 Å². The summed E-state index contributed by atoms with van der Waals surface area (Å²) in [5, 5.41) is 9.23. The molecule has 124 valence electrons. The zero-order chi connectivity index (χ0) is 16.2. The minimum atomic E-state index is -0.870. The van der Waals surface area contributed by atoms with Crippen molar-refractivity contribution in [3.63, 3.8) is 0 Å². The van der Waals surface area contributed by atoms with Crippen LogP contribution in [0.3, 0.4) is 0 Å². The molecule has 5 nitrogen and oxygen atoms in total. The van der Waals surface area contributed by atoms with E-state index < -0.39 is 11.9 Å². The van der Waals surface area contributed by atoms with E-state index in [1.807, 2.05) is 30.3 Å². The van der Waals surface area contributed by atoms with Gasteiger partial charge in [0.15, 0.2) is 0 Å². The Balaban J connectivity index is 1.80. The number of carbonyl (C=O) groups is 2. The summed E-state index contributed by atoms with van der Waals surface area (Å²) in [7, 11) is 0. The maximum Gasteiger partial charge on any atom is 0.308 e. The average molecular weight is 316 g/mol. The summed E-state index contributed by atoms with van der Waals surface area (Å²) in [4.78, 5) is 27.8. The summed E-state index contributed by atoms with van der Waals surface area (Å²) in [6.45, 7) is 3.24. The second kappa shape index (κ2) is 7.13. The van der Waals surface area contributed by atoms with Crippen LogP contribution in [0.15, 0.2) is 30.3 Å². The lowest BCUT2D eigenvalue weighted by Gasteiger charge is -2.35. The van der Waals surface area contributed by atoms with Crippen molar-refractivity contribution < 1.29 is 14.7 Å². The molecule has 2 aliphatic heterocycles. The Bertz CT molecular complexity index is 555. The van der Waals surface area contributed by atoms with E-state index in [0.717, 1.165) is 25.2 Å². The van der Waals surface area contributed by atoms with E-state index in [0.29, 0.717) is 6.54 Å². The van der Waals surface area contributed by atoms with Gasteiger partial charge in [-0.25, -0.2) is 0 Å². The van der Waals surface area contributed by atoms with E-state index >= 15 is 0 Å². The molecule has 0 aromatic heterocycles. The second-order valence-corrected chi connectivity index (χ2v) is 6.57. The number of carboxylic acid groups (broad SMARTS) is 1. The molecule has 3 rings (SSSR count). The Hall–Kier alpha value is -1.88. The van der Waals surface area contributed by atoms with Crippen molar-refractivity contribution in [3.8, 4) is 0 Å². The molecule has 0 aliphatic carbocycles. The lowest BCUT2D eigenvalue weighted by atomic mass is 10.0. The highest BCUT2D eigenvalue weighted by Crippen LogP contribution is 2.30. The van der Waals surface area contributed by atoms with Crippen LogP contribution < -0.4 is 0 Å². The van der Waals surface area contributed by atoms with E-state index in [4.69, 9.17) is 0 Å². The van der Waals surface area contributed by atoms with Crippen LogP contribution in [0.25, 0.3) is 0 Å². The third-order valence-electron chi connectivity index (χ3n) is 4.95. The first-order chi connectivity index (χ1) is 11.1. The van der Waals surface area contributed by atoms with Gasteiger partial charge in [0.25, 0.3) is 0 Å². The number of benzene rings is 1. The molecule has 0 bridgehead atoms. The van der Waals surface area contributed by atoms with Crippen molar-refractivity contribution in [1.82, 2.24) is 9.80 Å². The number of carbonyl (C=O) groups excluding carboxylic acids is 1. The molecule has 2 saturated heterocycles. The number of hydrogen-bond donors (Lipinski definition) is 1. The highest BCUT2D eigenvalue weighted by Gasteiger charge is 2.39. The molecule has 2 fully saturated rings. The molecule has 1 aromatic carbocycles. The Morgan fingerprint density at radius 1 is 1.17 bits per heavy atom. The molecular formula is C18H24N2O3. The van der Waals surface area contributed by atoms with Gasteiger partial charge in [0, 0.05) is 19.5 Å². The molecule has 2 atom stereocenters. The van der Waals surface area contributed by atoms with Crippen LogP contribution >= 0.6 is 0 Å². The van der Waals surface area contributed by atoms with Gasteiger partial charge in [0.2, 0.25) is 5.91 Å². The van der Waals surface area contributed by atoms with Gasteiger partial charge in [0.05, 0.1) is 12.0 Å². The van der Waals surface area contributed by atoms with Crippen molar-refractivity contribution in [2.75, 3.05) is 26.2 Å². The molecule has 1 aromatic rings. The Morgan fingerprint density at radius 3 is 2.48 bits per heavy atom. The molecule has 2 heterocycles. The van der Waals surface area contributed by atoms with Gasteiger partial charge in [-0.05, 0) is 31.5 Å². The van der Waals surface area contributed by atoms with Crippen LogP contribution in [0.4, 0.5) is 0 Å². The molecular weight excluding hydrogens is 292 g/mol. The van der Waals surface area contributed by atoms with E-state index in [1.165, 1.54) is 19.3 Å². The summed E-state index contributed by atoms with van der Waals surface area (Å²) in [5.41, 5.74) is 1.09. The molecule has 0 radical (unpaired) electrons. The number of amides is 1. The third-order valence-corrected chi connectivity index (χ3v) is 4.95. The second-order valence-electron chi connectivity index (χ2n) is 6.57. The molecule has 0 saturated carbocycles. The van der Waals surface area contributed by atoms with Crippen molar-refractivity contribution in [1.29, 1.82) is 0 Å². The van der Waals surface area contributed by atoms with Gasteiger partial charge in [-0.15, -0.1) is 0 Å². The summed E-state index contributed by atoms with van der Waals surface area (Å²) in [5.74, 6) is -1.48.